The molecule has 97 valence electrons. The molecule has 1 nitrogen and oxygen atoms in total. The molecule has 0 saturated heterocycles. The highest BCUT2D eigenvalue weighted by Crippen LogP contribution is 2.39. The second kappa shape index (κ2) is 5.64. The molecule has 0 unspecified atom stereocenters. The van der Waals surface area contributed by atoms with Gasteiger partial charge >= 0.3 is 0 Å². The second-order valence-electron chi connectivity index (χ2n) is 4.24. The van der Waals surface area contributed by atoms with Gasteiger partial charge in [-0.1, -0.05) is 37.0 Å². The van der Waals surface area contributed by atoms with Crippen LogP contribution in [0.4, 0.5) is 10.1 Å². The van der Waals surface area contributed by atoms with E-state index in [9.17, 15) is 4.39 Å². The predicted molar refractivity (Wildman–Crippen MR) is 79.1 cm³/mol. The molecule has 1 aliphatic rings. The maximum atomic E-state index is 13.4. The molecule has 0 saturated carbocycles. The van der Waals surface area contributed by atoms with Crippen molar-refractivity contribution >= 4 is 42.9 Å². The number of nitrogens with zero attached hydrogens (tertiary/aromatic N) is 1. The topological polar surface area (TPSA) is 3.24 Å². The van der Waals surface area contributed by atoms with Gasteiger partial charge in [-0.25, -0.2) is 4.39 Å². The molecular formula is C13H15Cl2FNSi. The number of fused-ring (bicyclic) bond motifs is 1. The van der Waals surface area contributed by atoms with Crippen LogP contribution in [0.3, 0.4) is 0 Å². The average Bonchev–Trinajstić information content (AvgIpc) is 2.36. The SMILES string of the molecule is CC[Si](CC)N1CC(Cl)=C(Cl)c2cc(F)ccc21. The summed E-state index contributed by atoms with van der Waals surface area (Å²) in [5.41, 5.74) is 1.74. The predicted octanol–water partition coefficient (Wildman–Crippen LogP) is 4.82. The van der Waals surface area contributed by atoms with Gasteiger partial charge in [-0.15, -0.1) is 0 Å². The standard InChI is InChI=1S/C13H15Cl2FNSi/c1-3-18(4-2)17-8-11(14)13(15)10-7-9(16)5-6-12(10)17/h5-7H,3-4,8H2,1-2H3. The normalized spacial score (nSPS) is 15.3. The Hall–Kier alpha value is -0.513. The average molecular weight is 303 g/mol. The minimum atomic E-state index is -0.671. The number of hydrogen-bond acceptors (Lipinski definition) is 1. The van der Waals surface area contributed by atoms with Crippen LogP contribution in [-0.2, 0) is 0 Å². The zero-order valence-corrected chi connectivity index (χ0v) is 12.9. The lowest BCUT2D eigenvalue weighted by Gasteiger charge is -2.36. The summed E-state index contributed by atoms with van der Waals surface area (Å²) in [6.07, 6.45) is 0. The molecule has 1 heterocycles. The molecule has 18 heavy (non-hydrogen) atoms. The van der Waals surface area contributed by atoms with E-state index in [1.165, 1.54) is 12.1 Å². The first kappa shape index (κ1) is 13.9. The van der Waals surface area contributed by atoms with Gasteiger partial charge in [-0.2, -0.15) is 0 Å². The van der Waals surface area contributed by atoms with Crippen molar-refractivity contribution in [3.05, 3.63) is 34.6 Å². The van der Waals surface area contributed by atoms with Gasteiger partial charge in [0.1, 0.15) is 5.82 Å². The van der Waals surface area contributed by atoms with Crippen molar-refractivity contribution in [2.45, 2.75) is 25.9 Å². The first-order valence-corrected chi connectivity index (χ1v) is 8.66. The smallest absolute Gasteiger partial charge is 0.169 e. The van der Waals surface area contributed by atoms with Gasteiger partial charge in [0.2, 0.25) is 0 Å². The Kier molecular flexibility index (Phi) is 4.36. The number of benzene rings is 1. The molecule has 0 N–H and O–H groups in total. The molecule has 1 aromatic carbocycles. The highest BCUT2D eigenvalue weighted by Gasteiger charge is 2.27. The van der Waals surface area contributed by atoms with Crippen LogP contribution < -0.4 is 4.57 Å². The Labute approximate surface area is 119 Å². The zero-order chi connectivity index (χ0) is 13.3. The zero-order valence-electron chi connectivity index (χ0n) is 10.4. The van der Waals surface area contributed by atoms with Crippen molar-refractivity contribution in [3.63, 3.8) is 0 Å². The van der Waals surface area contributed by atoms with Crippen molar-refractivity contribution < 1.29 is 4.39 Å². The lowest BCUT2D eigenvalue weighted by Crippen LogP contribution is -2.41. The summed E-state index contributed by atoms with van der Waals surface area (Å²) >= 11 is 12.4. The van der Waals surface area contributed by atoms with E-state index in [-0.39, 0.29) is 5.82 Å². The fourth-order valence-corrected chi connectivity index (χ4v) is 4.99. The van der Waals surface area contributed by atoms with Crippen LogP contribution in [0, 0.1) is 5.82 Å². The molecule has 0 aromatic heterocycles. The van der Waals surface area contributed by atoms with E-state index in [0.717, 1.165) is 23.3 Å². The van der Waals surface area contributed by atoms with Crippen LogP contribution in [0.2, 0.25) is 12.1 Å². The van der Waals surface area contributed by atoms with Gasteiger partial charge in [-0.05, 0) is 30.3 Å². The summed E-state index contributed by atoms with van der Waals surface area (Å²) in [5, 5.41) is 1.09. The third-order valence-corrected chi connectivity index (χ3v) is 6.85. The Bertz CT molecular complexity index is 486. The van der Waals surface area contributed by atoms with E-state index in [4.69, 9.17) is 23.2 Å². The minimum absolute atomic E-state index is 0.278. The Morgan fingerprint density at radius 1 is 1.28 bits per heavy atom. The van der Waals surface area contributed by atoms with Gasteiger partial charge in [0.25, 0.3) is 0 Å². The highest BCUT2D eigenvalue weighted by molar-refractivity contribution is 6.65. The van der Waals surface area contributed by atoms with Crippen molar-refractivity contribution in [3.8, 4) is 0 Å². The Balaban J connectivity index is 2.51. The quantitative estimate of drug-likeness (QED) is 0.723. The van der Waals surface area contributed by atoms with Gasteiger partial charge < -0.3 is 4.57 Å². The third kappa shape index (κ3) is 2.44. The fourth-order valence-electron chi connectivity index (χ4n) is 2.27. The molecule has 1 aromatic rings. The van der Waals surface area contributed by atoms with Gasteiger partial charge in [0.15, 0.2) is 8.96 Å². The van der Waals surface area contributed by atoms with Crippen molar-refractivity contribution in [1.29, 1.82) is 0 Å². The van der Waals surface area contributed by atoms with Gasteiger partial charge in [-0.3, -0.25) is 0 Å². The lowest BCUT2D eigenvalue weighted by atomic mass is 10.1. The lowest BCUT2D eigenvalue weighted by molar-refractivity contribution is 0.627. The number of hydrogen-bond donors (Lipinski definition) is 0. The van der Waals surface area contributed by atoms with Gasteiger partial charge in [0, 0.05) is 17.8 Å². The molecule has 0 fully saturated rings. The van der Waals surface area contributed by atoms with Crippen LogP contribution >= 0.6 is 23.2 Å². The fraction of sp³-hybridized carbons (Fsp3) is 0.385. The molecule has 0 amide bonds. The summed E-state index contributed by atoms with van der Waals surface area (Å²) in [7, 11) is -0.671. The van der Waals surface area contributed by atoms with E-state index in [0.29, 0.717) is 16.6 Å². The number of rotatable bonds is 3. The van der Waals surface area contributed by atoms with E-state index >= 15 is 0 Å². The maximum absolute atomic E-state index is 13.4. The summed E-state index contributed by atoms with van der Waals surface area (Å²) in [4.78, 5) is 0. The molecule has 0 atom stereocenters. The number of halogens is 3. The monoisotopic (exact) mass is 302 g/mol. The summed E-state index contributed by atoms with van der Waals surface area (Å²) in [6.45, 7) is 5.03. The van der Waals surface area contributed by atoms with Crippen LogP contribution in [0.1, 0.15) is 19.4 Å². The summed E-state index contributed by atoms with van der Waals surface area (Å²) < 4.78 is 15.7. The maximum Gasteiger partial charge on any atom is 0.169 e. The first-order chi connectivity index (χ1) is 8.58. The number of anilines is 1. The van der Waals surface area contributed by atoms with E-state index < -0.39 is 8.96 Å². The third-order valence-electron chi connectivity index (χ3n) is 3.22. The van der Waals surface area contributed by atoms with Crippen molar-refractivity contribution in [2.24, 2.45) is 0 Å². The molecular weight excluding hydrogens is 288 g/mol. The second-order valence-corrected chi connectivity index (χ2v) is 8.16. The van der Waals surface area contributed by atoms with Crippen LogP contribution in [-0.4, -0.2) is 15.5 Å². The van der Waals surface area contributed by atoms with Crippen molar-refractivity contribution in [2.75, 3.05) is 11.1 Å². The van der Waals surface area contributed by atoms with Gasteiger partial charge in [0.05, 0.1) is 10.1 Å². The highest BCUT2D eigenvalue weighted by atomic mass is 35.5. The Morgan fingerprint density at radius 3 is 2.56 bits per heavy atom. The molecule has 0 bridgehead atoms. The molecule has 0 aliphatic carbocycles. The largest absolute Gasteiger partial charge is 0.392 e. The first-order valence-electron chi connectivity index (χ1n) is 6.04. The van der Waals surface area contributed by atoms with Crippen LogP contribution in [0.5, 0.6) is 0 Å². The molecule has 2 rings (SSSR count). The summed E-state index contributed by atoms with van der Waals surface area (Å²) in [5.74, 6) is -0.278. The molecule has 1 aliphatic heterocycles. The summed E-state index contributed by atoms with van der Waals surface area (Å²) in [6, 6.07) is 7.02. The Morgan fingerprint density at radius 2 is 1.94 bits per heavy atom. The molecule has 1 radical (unpaired) electrons. The van der Waals surface area contributed by atoms with Crippen LogP contribution in [0.15, 0.2) is 23.2 Å². The van der Waals surface area contributed by atoms with E-state index in [1.54, 1.807) is 0 Å². The molecule has 5 heteroatoms. The van der Waals surface area contributed by atoms with Crippen LogP contribution in [0.25, 0.3) is 5.03 Å². The van der Waals surface area contributed by atoms with E-state index in [1.807, 2.05) is 6.07 Å². The van der Waals surface area contributed by atoms with Crippen molar-refractivity contribution in [1.82, 2.24) is 0 Å². The van der Waals surface area contributed by atoms with E-state index in [2.05, 4.69) is 18.4 Å². The molecule has 0 spiro atoms. The minimum Gasteiger partial charge on any atom is -0.392 e.